The van der Waals surface area contributed by atoms with Crippen LogP contribution < -0.4 is 9.64 Å². The molecule has 1 heterocycles. The predicted octanol–water partition coefficient (Wildman–Crippen LogP) is 1.57. The molecule has 0 aliphatic carbocycles. The summed E-state index contributed by atoms with van der Waals surface area (Å²) >= 11 is 0. The molecule has 106 valence electrons. The Kier molecular flexibility index (Phi) is 6.05. The Bertz CT molecular complexity index is 424. The highest BCUT2D eigenvalue weighted by Crippen LogP contribution is 2.16. The molecule has 6 nitrogen and oxygen atoms in total. The van der Waals surface area contributed by atoms with E-state index >= 15 is 0 Å². The Morgan fingerprint density at radius 2 is 2.16 bits per heavy atom. The number of methoxy groups -OCH3 is 1. The molecule has 0 aromatic carbocycles. The van der Waals surface area contributed by atoms with Crippen LogP contribution in [0.3, 0.4) is 0 Å². The molecule has 1 rings (SSSR count). The zero-order chi connectivity index (χ0) is 14.3. The summed E-state index contributed by atoms with van der Waals surface area (Å²) in [5.74, 6) is 1.84. The lowest BCUT2D eigenvalue weighted by atomic mass is 10.3. The van der Waals surface area contributed by atoms with E-state index in [1.165, 1.54) is 7.11 Å². The van der Waals surface area contributed by atoms with E-state index in [0.29, 0.717) is 24.7 Å². The van der Waals surface area contributed by atoms with Crippen LogP contribution in [0.1, 0.15) is 25.6 Å². The van der Waals surface area contributed by atoms with E-state index in [1.54, 1.807) is 6.07 Å². The first-order valence-electron chi connectivity index (χ1n) is 6.33. The number of carbonyl (C=O) groups excluding carboxylic acids is 1. The van der Waals surface area contributed by atoms with Gasteiger partial charge in [0.2, 0.25) is 5.88 Å². The van der Waals surface area contributed by atoms with Gasteiger partial charge in [-0.3, -0.25) is 4.79 Å². The quantitative estimate of drug-likeness (QED) is 0.699. The Balaban J connectivity index is 2.60. The maximum Gasteiger partial charge on any atom is 0.305 e. The number of carbonyl (C=O) groups is 1. The van der Waals surface area contributed by atoms with Gasteiger partial charge in [-0.05, 0) is 20.3 Å². The largest absolute Gasteiger partial charge is 0.478 e. The molecule has 0 amide bonds. The molecule has 0 saturated carbocycles. The highest BCUT2D eigenvalue weighted by Gasteiger charge is 2.08. The number of nitrogens with zero attached hydrogens (tertiary/aromatic N) is 3. The third-order valence-corrected chi connectivity index (χ3v) is 2.59. The summed E-state index contributed by atoms with van der Waals surface area (Å²) in [6, 6.07) is 1.80. The number of aromatic nitrogens is 2. The molecule has 0 unspecified atom stereocenters. The first kappa shape index (κ1) is 15.2. The number of hydrogen-bond acceptors (Lipinski definition) is 6. The van der Waals surface area contributed by atoms with Gasteiger partial charge in [-0.15, -0.1) is 0 Å². The van der Waals surface area contributed by atoms with Crippen molar-refractivity contribution < 1.29 is 14.3 Å². The average molecular weight is 267 g/mol. The van der Waals surface area contributed by atoms with Gasteiger partial charge in [0.25, 0.3) is 0 Å². The number of ether oxygens (including phenoxy) is 2. The molecule has 0 radical (unpaired) electrons. The summed E-state index contributed by atoms with van der Waals surface area (Å²) in [4.78, 5) is 21.6. The smallest absolute Gasteiger partial charge is 0.305 e. The van der Waals surface area contributed by atoms with E-state index in [0.717, 1.165) is 18.8 Å². The fourth-order valence-corrected chi connectivity index (χ4v) is 1.62. The van der Waals surface area contributed by atoms with Crippen molar-refractivity contribution in [1.29, 1.82) is 0 Å². The average Bonchev–Trinajstić information content (AvgIpc) is 2.38. The summed E-state index contributed by atoms with van der Waals surface area (Å²) in [5, 5.41) is 0. The van der Waals surface area contributed by atoms with E-state index < -0.39 is 0 Å². The number of hydrogen-bond donors (Lipinski definition) is 0. The first-order chi connectivity index (χ1) is 9.06. The third kappa shape index (κ3) is 5.11. The highest BCUT2D eigenvalue weighted by atomic mass is 16.5. The lowest BCUT2D eigenvalue weighted by Gasteiger charge is -2.18. The van der Waals surface area contributed by atoms with Gasteiger partial charge in [-0.25, -0.2) is 4.98 Å². The molecular weight excluding hydrogens is 246 g/mol. The lowest BCUT2D eigenvalue weighted by Crippen LogP contribution is -2.21. The fraction of sp³-hybridized carbons (Fsp3) is 0.615. The van der Waals surface area contributed by atoms with Crippen molar-refractivity contribution >= 4 is 11.8 Å². The van der Waals surface area contributed by atoms with Crippen molar-refractivity contribution in [3.63, 3.8) is 0 Å². The van der Waals surface area contributed by atoms with Crippen LogP contribution >= 0.6 is 0 Å². The van der Waals surface area contributed by atoms with E-state index in [2.05, 4.69) is 14.7 Å². The summed E-state index contributed by atoms with van der Waals surface area (Å²) in [7, 11) is 3.32. The molecule has 19 heavy (non-hydrogen) atoms. The van der Waals surface area contributed by atoms with Crippen molar-refractivity contribution in [3.05, 3.63) is 11.9 Å². The first-order valence-corrected chi connectivity index (χ1v) is 6.33. The molecule has 1 aromatic heterocycles. The Morgan fingerprint density at radius 3 is 2.79 bits per heavy atom. The topological polar surface area (TPSA) is 64.5 Å². The van der Waals surface area contributed by atoms with Crippen LogP contribution in [0.2, 0.25) is 0 Å². The van der Waals surface area contributed by atoms with Crippen molar-refractivity contribution in [1.82, 2.24) is 9.97 Å². The number of rotatable bonds is 7. The Hall–Kier alpha value is -1.85. The SMILES string of the molecule is CCOc1cc(N(C)CCCC(=O)OC)nc(C)n1. The van der Waals surface area contributed by atoms with Crippen LogP contribution in [0.15, 0.2) is 6.07 Å². The van der Waals surface area contributed by atoms with Crippen LogP contribution in [-0.2, 0) is 9.53 Å². The van der Waals surface area contributed by atoms with Gasteiger partial charge < -0.3 is 14.4 Å². The van der Waals surface area contributed by atoms with Crippen molar-refractivity contribution in [3.8, 4) is 5.88 Å². The fourth-order valence-electron chi connectivity index (χ4n) is 1.62. The number of anilines is 1. The number of esters is 1. The van der Waals surface area contributed by atoms with Crippen molar-refractivity contribution in [2.75, 3.05) is 32.2 Å². The minimum atomic E-state index is -0.192. The number of aryl methyl sites for hydroxylation is 1. The molecule has 0 N–H and O–H groups in total. The third-order valence-electron chi connectivity index (χ3n) is 2.59. The monoisotopic (exact) mass is 267 g/mol. The van der Waals surface area contributed by atoms with Crippen LogP contribution in [0, 0.1) is 6.92 Å². The van der Waals surface area contributed by atoms with Crippen LogP contribution in [0.5, 0.6) is 5.88 Å². The van der Waals surface area contributed by atoms with Gasteiger partial charge in [-0.1, -0.05) is 0 Å². The maximum absolute atomic E-state index is 11.0. The van der Waals surface area contributed by atoms with E-state index in [-0.39, 0.29) is 5.97 Å². The standard InChI is InChI=1S/C13H21N3O3/c1-5-19-12-9-11(14-10(2)15-12)16(3)8-6-7-13(17)18-4/h9H,5-8H2,1-4H3. The summed E-state index contributed by atoms with van der Waals surface area (Å²) < 4.78 is 9.99. The second-order valence-electron chi connectivity index (χ2n) is 4.15. The van der Waals surface area contributed by atoms with Crippen molar-refractivity contribution in [2.24, 2.45) is 0 Å². The molecule has 0 atom stereocenters. The lowest BCUT2D eigenvalue weighted by molar-refractivity contribution is -0.140. The minimum Gasteiger partial charge on any atom is -0.478 e. The van der Waals surface area contributed by atoms with Gasteiger partial charge in [0.05, 0.1) is 13.7 Å². The van der Waals surface area contributed by atoms with Crippen LogP contribution in [0.25, 0.3) is 0 Å². The molecule has 0 bridgehead atoms. The normalized spacial score (nSPS) is 10.1. The Morgan fingerprint density at radius 1 is 1.42 bits per heavy atom. The van der Waals surface area contributed by atoms with Crippen molar-refractivity contribution in [2.45, 2.75) is 26.7 Å². The van der Waals surface area contributed by atoms with E-state index in [1.807, 2.05) is 25.8 Å². The summed E-state index contributed by atoms with van der Waals surface area (Å²) in [5.41, 5.74) is 0. The highest BCUT2D eigenvalue weighted by molar-refractivity contribution is 5.69. The second kappa shape index (κ2) is 7.56. The van der Waals surface area contributed by atoms with Crippen LogP contribution in [-0.4, -0.2) is 43.2 Å². The Labute approximate surface area is 113 Å². The zero-order valence-corrected chi connectivity index (χ0v) is 12.0. The maximum atomic E-state index is 11.0. The van der Waals surface area contributed by atoms with E-state index in [9.17, 15) is 4.79 Å². The van der Waals surface area contributed by atoms with Gasteiger partial charge >= 0.3 is 5.97 Å². The van der Waals surface area contributed by atoms with Crippen LogP contribution in [0.4, 0.5) is 5.82 Å². The summed E-state index contributed by atoms with van der Waals surface area (Å²) in [6.07, 6.45) is 1.12. The molecule has 0 aliphatic heterocycles. The minimum absolute atomic E-state index is 0.192. The van der Waals surface area contributed by atoms with Gasteiger partial charge in [-0.2, -0.15) is 4.98 Å². The zero-order valence-electron chi connectivity index (χ0n) is 12.0. The molecular formula is C13H21N3O3. The van der Waals surface area contributed by atoms with Gasteiger partial charge in [0, 0.05) is 26.1 Å². The summed E-state index contributed by atoms with van der Waals surface area (Å²) in [6.45, 7) is 5.03. The molecule has 0 saturated heterocycles. The molecule has 0 spiro atoms. The van der Waals surface area contributed by atoms with Gasteiger partial charge in [0.15, 0.2) is 0 Å². The molecule has 0 aliphatic rings. The predicted molar refractivity (Wildman–Crippen MR) is 72.5 cm³/mol. The molecule has 6 heteroatoms. The molecule has 1 aromatic rings. The van der Waals surface area contributed by atoms with Gasteiger partial charge in [0.1, 0.15) is 11.6 Å². The van der Waals surface area contributed by atoms with E-state index in [4.69, 9.17) is 4.74 Å². The second-order valence-corrected chi connectivity index (χ2v) is 4.15. The molecule has 0 fully saturated rings.